The predicted octanol–water partition coefficient (Wildman–Crippen LogP) is -4.07. The number of phosphoric acid groups is 1. The Hall–Kier alpha value is 0.0995. The molecule has 0 rings (SSSR count). The second-order valence-electron chi connectivity index (χ2n) is 0.939. The van der Waals surface area contributed by atoms with Crippen LogP contribution in [0.5, 0.6) is 0 Å². The van der Waals surface area contributed by atoms with E-state index in [1.54, 1.807) is 0 Å². The zero-order valence-corrected chi connectivity index (χ0v) is 6.85. The Labute approximate surface area is 67.6 Å². The van der Waals surface area contributed by atoms with Crippen molar-refractivity contribution in [2.24, 2.45) is 0 Å². The van der Waals surface area contributed by atoms with E-state index >= 15 is 0 Å². The van der Waals surface area contributed by atoms with Gasteiger partial charge in [0.15, 0.2) is 0 Å². The maximum atomic E-state index is 8.89. The van der Waals surface area contributed by atoms with Gasteiger partial charge in [-0.25, -0.2) is 0 Å². The maximum absolute atomic E-state index is 8.89. The molecule has 0 aromatic heterocycles. The molecular formula is C2H3MnO6P. The van der Waals surface area contributed by atoms with Crippen molar-refractivity contribution in [3.63, 3.8) is 0 Å². The smallest absolute Gasteiger partial charge is 0.822 e. The molecule has 0 bridgehead atoms. The molecule has 0 spiro atoms. The van der Waals surface area contributed by atoms with Crippen LogP contribution < -0.4 is 19.8 Å². The van der Waals surface area contributed by atoms with Gasteiger partial charge in [0, 0.05) is 5.97 Å². The summed E-state index contributed by atoms with van der Waals surface area (Å²) < 4.78 is 8.55. The fraction of sp³-hybridized carbons (Fsp3) is 0.500. The third-order valence-corrected chi connectivity index (χ3v) is 0. The van der Waals surface area contributed by atoms with E-state index in [0.29, 0.717) is 0 Å². The van der Waals surface area contributed by atoms with Crippen LogP contribution in [-0.4, -0.2) is 5.97 Å². The van der Waals surface area contributed by atoms with Crippen molar-refractivity contribution in [2.45, 2.75) is 6.92 Å². The molecule has 0 N–H and O–H groups in total. The van der Waals surface area contributed by atoms with Gasteiger partial charge in [-0.2, -0.15) is 7.82 Å². The maximum Gasteiger partial charge on any atom is 4.00 e. The van der Waals surface area contributed by atoms with Gasteiger partial charge >= 0.3 is 17.1 Å². The van der Waals surface area contributed by atoms with Crippen LogP contribution in [0.3, 0.4) is 0 Å². The van der Waals surface area contributed by atoms with Crippen LogP contribution in [0.2, 0.25) is 0 Å². The molecule has 0 aromatic rings. The molecule has 0 aliphatic heterocycles. The first-order valence-electron chi connectivity index (χ1n) is 1.64. The molecule has 10 heavy (non-hydrogen) atoms. The Morgan fingerprint density at radius 3 is 1.30 bits per heavy atom. The summed E-state index contributed by atoms with van der Waals surface area (Å²) in [4.78, 5) is 34.5. The summed E-state index contributed by atoms with van der Waals surface area (Å²) in [6, 6.07) is 0. The van der Waals surface area contributed by atoms with E-state index in [4.69, 9.17) is 29.1 Å². The molecular weight excluding hydrogens is 206 g/mol. The van der Waals surface area contributed by atoms with Crippen molar-refractivity contribution in [3.8, 4) is 0 Å². The minimum absolute atomic E-state index is 0. The summed E-state index contributed by atoms with van der Waals surface area (Å²) in [7, 11) is -5.39. The van der Waals surface area contributed by atoms with Crippen molar-refractivity contribution in [2.75, 3.05) is 0 Å². The summed E-state index contributed by atoms with van der Waals surface area (Å²) in [6.45, 7) is 0.972. The molecule has 1 radical (unpaired) electrons. The van der Waals surface area contributed by atoms with Gasteiger partial charge in [0.2, 0.25) is 0 Å². The van der Waals surface area contributed by atoms with E-state index in [0.717, 1.165) is 6.92 Å². The molecule has 0 amide bonds. The first-order valence-corrected chi connectivity index (χ1v) is 3.10. The Morgan fingerprint density at radius 1 is 1.30 bits per heavy atom. The summed E-state index contributed by atoms with van der Waals surface area (Å²) in [6.07, 6.45) is 0. The second kappa shape index (κ2) is 7.21. The Kier molecular flexibility index (Phi) is 12.0. The van der Waals surface area contributed by atoms with E-state index < -0.39 is 13.8 Å². The minimum Gasteiger partial charge on any atom is -0.822 e. The normalized spacial score (nSPS) is 8.40. The third kappa shape index (κ3) is 41300. The Balaban J connectivity index is -0.0000000910. The number of hydrogen-bond donors (Lipinski definition) is 0. The van der Waals surface area contributed by atoms with Crippen molar-refractivity contribution in [1.82, 2.24) is 0 Å². The number of hydrogen-bond acceptors (Lipinski definition) is 6. The number of carboxylic acid groups (broad SMARTS) is 1. The Bertz CT molecular complexity index is 115. The topological polar surface area (TPSA) is 126 Å². The molecule has 0 unspecified atom stereocenters. The number of carbonyl (C=O) groups is 1. The number of aliphatic carboxylic acids is 1. The first kappa shape index (κ1) is 16.6. The van der Waals surface area contributed by atoms with Crippen LogP contribution in [0.25, 0.3) is 0 Å². The quantitative estimate of drug-likeness (QED) is 0.295. The standard InChI is InChI=1S/C2H4O2.Mn.H3O4P/c1-2(3)4;;1-5(2,3)4/h1H3,(H,3,4);;(H3,1,2,3,4)/q;+4;/p-4. The molecule has 0 atom stereocenters. The summed E-state index contributed by atoms with van der Waals surface area (Å²) in [5.74, 6) is -1.08. The van der Waals surface area contributed by atoms with Gasteiger partial charge in [0.1, 0.15) is 0 Å². The van der Waals surface area contributed by atoms with E-state index in [9.17, 15) is 0 Å². The second-order valence-corrected chi connectivity index (χ2v) is 1.83. The molecule has 8 heteroatoms. The zero-order valence-electron chi connectivity index (χ0n) is 4.77. The van der Waals surface area contributed by atoms with Crippen LogP contribution >= 0.6 is 7.82 Å². The minimum atomic E-state index is -5.39. The molecule has 0 saturated carbocycles. The Morgan fingerprint density at radius 2 is 1.30 bits per heavy atom. The fourth-order valence-electron chi connectivity index (χ4n) is 0. The number of rotatable bonds is 0. The van der Waals surface area contributed by atoms with Crippen molar-refractivity contribution >= 4 is 13.8 Å². The van der Waals surface area contributed by atoms with Crippen molar-refractivity contribution < 1.29 is 46.2 Å². The molecule has 0 aliphatic carbocycles. The van der Waals surface area contributed by atoms with Crippen LogP contribution in [0, 0.1) is 0 Å². The third-order valence-electron chi connectivity index (χ3n) is 0. The van der Waals surface area contributed by atoms with E-state index in [1.807, 2.05) is 0 Å². The average molecular weight is 209 g/mol. The zero-order chi connectivity index (χ0) is 8.08. The van der Waals surface area contributed by atoms with Crippen molar-refractivity contribution in [1.29, 1.82) is 0 Å². The number of carbonyl (C=O) groups excluding carboxylic acids is 1. The average Bonchev–Trinajstić information content (AvgIpc) is 1.19. The van der Waals surface area contributed by atoms with Crippen LogP contribution in [0.15, 0.2) is 0 Å². The van der Waals surface area contributed by atoms with Gasteiger partial charge in [0.05, 0.1) is 0 Å². The van der Waals surface area contributed by atoms with Gasteiger partial charge < -0.3 is 29.1 Å². The monoisotopic (exact) mass is 209 g/mol. The summed E-state index contributed by atoms with van der Waals surface area (Å²) >= 11 is 0. The molecule has 0 saturated heterocycles. The summed E-state index contributed by atoms with van der Waals surface area (Å²) in [5, 5.41) is 8.89. The number of carboxylic acids is 1. The van der Waals surface area contributed by atoms with Gasteiger partial charge in [-0.1, -0.05) is 0 Å². The summed E-state index contributed by atoms with van der Waals surface area (Å²) in [5.41, 5.74) is 0. The van der Waals surface area contributed by atoms with Crippen molar-refractivity contribution in [3.05, 3.63) is 0 Å². The molecule has 0 aliphatic rings. The van der Waals surface area contributed by atoms with Crippen LogP contribution in [0.1, 0.15) is 6.92 Å². The van der Waals surface area contributed by atoms with Gasteiger partial charge in [-0.15, -0.1) is 0 Å². The predicted molar refractivity (Wildman–Crippen MR) is 18.3 cm³/mol. The largest absolute Gasteiger partial charge is 4.00 e. The van der Waals surface area contributed by atoms with Gasteiger partial charge in [-0.05, 0) is 6.92 Å². The molecule has 0 heterocycles. The van der Waals surface area contributed by atoms with E-state index in [2.05, 4.69) is 0 Å². The first-order chi connectivity index (χ1) is 3.73. The van der Waals surface area contributed by atoms with Crippen LogP contribution in [-0.2, 0) is 26.4 Å². The van der Waals surface area contributed by atoms with Crippen LogP contribution in [0.4, 0.5) is 0 Å². The molecule has 0 aromatic carbocycles. The van der Waals surface area contributed by atoms with E-state index in [1.165, 1.54) is 0 Å². The van der Waals surface area contributed by atoms with E-state index in [-0.39, 0.29) is 17.1 Å². The SMILES string of the molecule is CC(=O)[O-].O=P([O-])([O-])[O-].[Mn+4]. The molecule has 0 fully saturated rings. The van der Waals surface area contributed by atoms with Gasteiger partial charge in [-0.3, -0.25) is 0 Å². The molecule has 6 nitrogen and oxygen atoms in total. The van der Waals surface area contributed by atoms with Gasteiger partial charge in [0.25, 0.3) is 0 Å². The molecule has 59 valence electrons. The fourth-order valence-corrected chi connectivity index (χ4v) is 0.